The fraction of sp³-hybridized carbons (Fsp3) is 0.0769. The van der Waals surface area contributed by atoms with E-state index in [9.17, 15) is 0 Å². The molecule has 0 aliphatic heterocycles. The number of H-pyrrole nitrogens is 1. The molecule has 1 heterocycles. The summed E-state index contributed by atoms with van der Waals surface area (Å²) < 4.78 is 0. The van der Waals surface area contributed by atoms with Gasteiger partial charge in [-0.2, -0.15) is 15.4 Å². The largest absolute Gasteiger partial charge is 0.197 e. The molecule has 2 aromatic carbocycles. The van der Waals surface area contributed by atoms with Crippen molar-refractivity contribution in [3.8, 4) is 0 Å². The fourth-order valence-corrected chi connectivity index (χ4v) is 2.56. The van der Waals surface area contributed by atoms with Crippen molar-refractivity contribution in [1.82, 2.24) is 15.4 Å². The highest BCUT2D eigenvalue weighted by atomic mass is 79.9. The predicted octanol–water partition coefficient (Wildman–Crippen LogP) is 4.10. The standard InChI is InChI=1S/C13H9BrClN3/c14-13(8-1-4-10(15)5-2-8)9-3-6-11-12(7-9)17-18-16-11/h1-7,13H,(H,16,17,18). The topological polar surface area (TPSA) is 41.6 Å². The predicted molar refractivity (Wildman–Crippen MR) is 76.1 cm³/mol. The molecule has 0 amide bonds. The van der Waals surface area contributed by atoms with Crippen LogP contribution in [0.2, 0.25) is 5.02 Å². The third-order valence-electron chi connectivity index (χ3n) is 2.80. The Kier molecular flexibility index (Phi) is 3.06. The van der Waals surface area contributed by atoms with Crippen LogP contribution in [0, 0.1) is 0 Å². The van der Waals surface area contributed by atoms with Gasteiger partial charge in [0.1, 0.15) is 11.0 Å². The van der Waals surface area contributed by atoms with Crippen molar-refractivity contribution in [2.75, 3.05) is 0 Å². The van der Waals surface area contributed by atoms with E-state index in [0.29, 0.717) is 0 Å². The SMILES string of the molecule is Clc1ccc(C(Br)c2ccc3n[nH]nc3c2)cc1. The van der Waals surface area contributed by atoms with Crippen LogP contribution in [0.3, 0.4) is 0 Å². The Morgan fingerprint density at radius 2 is 1.61 bits per heavy atom. The van der Waals surface area contributed by atoms with Gasteiger partial charge in [-0.25, -0.2) is 0 Å². The molecule has 0 aliphatic rings. The number of halogens is 2. The number of hydrogen-bond donors (Lipinski definition) is 1. The first-order valence-electron chi connectivity index (χ1n) is 5.44. The van der Waals surface area contributed by atoms with Gasteiger partial charge in [0.05, 0.1) is 4.83 Å². The van der Waals surface area contributed by atoms with E-state index in [1.165, 1.54) is 0 Å². The molecule has 0 spiro atoms. The first kappa shape index (κ1) is 11.7. The molecule has 3 nitrogen and oxygen atoms in total. The van der Waals surface area contributed by atoms with Crippen LogP contribution in [-0.4, -0.2) is 15.4 Å². The van der Waals surface area contributed by atoms with Crippen LogP contribution in [-0.2, 0) is 0 Å². The summed E-state index contributed by atoms with van der Waals surface area (Å²) in [5.74, 6) is 0. The third kappa shape index (κ3) is 2.13. The van der Waals surface area contributed by atoms with Crippen molar-refractivity contribution in [1.29, 1.82) is 0 Å². The molecule has 0 saturated carbocycles. The van der Waals surface area contributed by atoms with Crippen molar-refractivity contribution in [3.63, 3.8) is 0 Å². The van der Waals surface area contributed by atoms with Crippen LogP contribution in [0.1, 0.15) is 16.0 Å². The molecule has 0 fully saturated rings. The minimum absolute atomic E-state index is 0.121. The summed E-state index contributed by atoms with van der Waals surface area (Å²) in [6.07, 6.45) is 0. The Balaban J connectivity index is 2.00. The molecule has 3 rings (SSSR count). The zero-order valence-electron chi connectivity index (χ0n) is 9.27. The minimum Gasteiger partial charge on any atom is -0.197 e. The second-order valence-corrected chi connectivity index (χ2v) is 5.34. The molecule has 0 bridgehead atoms. The Labute approximate surface area is 117 Å². The normalized spacial score (nSPS) is 12.8. The van der Waals surface area contributed by atoms with Gasteiger partial charge in [-0.1, -0.05) is 45.7 Å². The Morgan fingerprint density at radius 1 is 0.944 bits per heavy atom. The van der Waals surface area contributed by atoms with E-state index < -0.39 is 0 Å². The molecule has 1 atom stereocenters. The molecule has 1 aromatic heterocycles. The maximum absolute atomic E-state index is 5.89. The van der Waals surface area contributed by atoms with Crippen LogP contribution in [0.5, 0.6) is 0 Å². The number of fused-ring (bicyclic) bond motifs is 1. The summed E-state index contributed by atoms with van der Waals surface area (Å²) in [6, 6.07) is 13.8. The van der Waals surface area contributed by atoms with Crippen molar-refractivity contribution in [2.24, 2.45) is 0 Å². The summed E-state index contributed by atoms with van der Waals surface area (Å²) >= 11 is 9.58. The Bertz CT molecular complexity index is 678. The van der Waals surface area contributed by atoms with Crippen LogP contribution >= 0.6 is 27.5 Å². The maximum Gasteiger partial charge on any atom is 0.113 e. The number of rotatable bonds is 2. The van der Waals surface area contributed by atoms with Crippen LogP contribution in [0.4, 0.5) is 0 Å². The average molecular weight is 323 g/mol. The lowest BCUT2D eigenvalue weighted by atomic mass is 10.0. The average Bonchev–Trinajstić information content (AvgIpc) is 2.86. The van der Waals surface area contributed by atoms with E-state index in [-0.39, 0.29) is 4.83 Å². The second-order valence-electron chi connectivity index (χ2n) is 3.99. The Morgan fingerprint density at radius 3 is 2.39 bits per heavy atom. The highest BCUT2D eigenvalue weighted by Gasteiger charge is 2.11. The molecule has 18 heavy (non-hydrogen) atoms. The number of alkyl halides is 1. The number of nitrogens with one attached hydrogen (secondary N) is 1. The summed E-state index contributed by atoms with van der Waals surface area (Å²) in [5, 5.41) is 11.5. The van der Waals surface area contributed by atoms with Gasteiger partial charge < -0.3 is 0 Å². The number of aromatic amines is 1. The smallest absolute Gasteiger partial charge is 0.113 e. The first-order valence-corrected chi connectivity index (χ1v) is 6.73. The van der Waals surface area contributed by atoms with Crippen LogP contribution in [0.25, 0.3) is 11.0 Å². The van der Waals surface area contributed by atoms with Gasteiger partial charge >= 0.3 is 0 Å². The molecule has 90 valence electrons. The molecular weight excluding hydrogens is 314 g/mol. The molecular formula is C13H9BrClN3. The van der Waals surface area contributed by atoms with Gasteiger partial charge in [0, 0.05) is 5.02 Å². The fourth-order valence-electron chi connectivity index (χ4n) is 1.84. The lowest BCUT2D eigenvalue weighted by Gasteiger charge is -2.10. The number of hydrogen-bond acceptors (Lipinski definition) is 2. The van der Waals surface area contributed by atoms with Gasteiger partial charge in [-0.15, -0.1) is 0 Å². The minimum atomic E-state index is 0.121. The van der Waals surface area contributed by atoms with Crippen molar-refractivity contribution in [2.45, 2.75) is 4.83 Å². The van der Waals surface area contributed by atoms with Gasteiger partial charge in [0.15, 0.2) is 0 Å². The van der Waals surface area contributed by atoms with E-state index in [1.54, 1.807) is 0 Å². The molecule has 0 aliphatic carbocycles. The number of benzene rings is 2. The van der Waals surface area contributed by atoms with Crippen LogP contribution < -0.4 is 0 Å². The van der Waals surface area contributed by atoms with Gasteiger partial charge in [0.25, 0.3) is 0 Å². The van der Waals surface area contributed by atoms with E-state index >= 15 is 0 Å². The summed E-state index contributed by atoms with van der Waals surface area (Å²) in [7, 11) is 0. The summed E-state index contributed by atoms with van der Waals surface area (Å²) in [6.45, 7) is 0. The lowest BCUT2D eigenvalue weighted by molar-refractivity contribution is 0.959. The van der Waals surface area contributed by atoms with E-state index in [4.69, 9.17) is 11.6 Å². The highest BCUT2D eigenvalue weighted by Crippen LogP contribution is 2.32. The van der Waals surface area contributed by atoms with Gasteiger partial charge in [-0.05, 0) is 35.4 Å². The number of aromatic nitrogens is 3. The molecule has 0 radical (unpaired) electrons. The van der Waals surface area contributed by atoms with E-state index in [1.807, 2.05) is 42.5 Å². The molecule has 3 aromatic rings. The molecule has 1 unspecified atom stereocenters. The zero-order valence-corrected chi connectivity index (χ0v) is 11.6. The number of nitrogens with zero attached hydrogens (tertiary/aromatic N) is 2. The van der Waals surface area contributed by atoms with Crippen molar-refractivity contribution in [3.05, 3.63) is 58.6 Å². The van der Waals surface area contributed by atoms with Crippen LogP contribution in [0.15, 0.2) is 42.5 Å². The van der Waals surface area contributed by atoms with Crippen molar-refractivity contribution < 1.29 is 0 Å². The van der Waals surface area contributed by atoms with Gasteiger partial charge in [-0.3, -0.25) is 0 Å². The second kappa shape index (κ2) is 4.71. The molecule has 5 heteroatoms. The van der Waals surface area contributed by atoms with Gasteiger partial charge in [0.2, 0.25) is 0 Å². The summed E-state index contributed by atoms with van der Waals surface area (Å²) in [5.41, 5.74) is 4.03. The first-order chi connectivity index (χ1) is 8.74. The summed E-state index contributed by atoms with van der Waals surface area (Å²) in [4.78, 5) is 0.121. The Hall–Kier alpha value is -1.39. The van der Waals surface area contributed by atoms with E-state index in [0.717, 1.165) is 27.2 Å². The lowest BCUT2D eigenvalue weighted by Crippen LogP contribution is -1.92. The third-order valence-corrected chi connectivity index (χ3v) is 4.10. The zero-order chi connectivity index (χ0) is 12.5. The molecule has 0 saturated heterocycles. The maximum atomic E-state index is 5.89. The van der Waals surface area contributed by atoms with E-state index in [2.05, 4.69) is 31.3 Å². The van der Waals surface area contributed by atoms with Crippen molar-refractivity contribution >= 4 is 38.6 Å². The molecule has 1 N–H and O–H groups in total. The monoisotopic (exact) mass is 321 g/mol. The quantitative estimate of drug-likeness (QED) is 0.722. The highest BCUT2D eigenvalue weighted by molar-refractivity contribution is 9.09.